The summed E-state index contributed by atoms with van der Waals surface area (Å²) in [7, 11) is 0. The smallest absolute Gasteiger partial charge is 0.287 e. The molecule has 0 spiro atoms. The van der Waals surface area contributed by atoms with E-state index in [1.54, 1.807) is 6.20 Å². The molecule has 0 aliphatic carbocycles. The number of anilines is 1. The van der Waals surface area contributed by atoms with Crippen LogP contribution in [-0.4, -0.2) is 29.4 Å². The lowest BCUT2D eigenvalue weighted by atomic mass is 9.83. The highest BCUT2D eigenvalue weighted by molar-refractivity contribution is 6.32. The van der Waals surface area contributed by atoms with E-state index in [2.05, 4.69) is 22.7 Å². The molecule has 0 radical (unpaired) electrons. The van der Waals surface area contributed by atoms with Gasteiger partial charge in [-0.25, -0.2) is 4.68 Å². The molecule has 0 bridgehead atoms. The fraction of sp³-hybridized carbons (Fsp3) is 0.733. The van der Waals surface area contributed by atoms with Crippen LogP contribution in [0.15, 0.2) is 11.0 Å². The van der Waals surface area contributed by atoms with Gasteiger partial charge in [-0.05, 0) is 30.7 Å². The lowest BCUT2D eigenvalue weighted by molar-refractivity contribution is 0.253. The first kappa shape index (κ1) is 16.3. The van der Waals surface area contributed by atoms with Crippen LogP contribution in [0.25, 0.3) is 0 Å². The van der Waals surface area contributed by atoms with Crippen molar-refractivity contribution in [3.8, 4) is 0 Å². The predicted molar refractivity (Wildman–Crippen MR) is 87.0 cm³/mol. The van der Waals surface area contributed by atoms with Gasteiger partial charge < -0.3 is 10.6 Å². The number of nitrogens with one attached hydrogen (secondary N) is 2. The van der Waals surface area contributed by atoms with Gasteiger partial charge in [0, 0.05) is 19.6 Å². The fourth-order valence-corrected chi connectivity index (χ4v) is 2.86. The van der Waals surface area contributed by atoms with Crippen LogP contribution < -0.4 is 16.2 Å². The summed E-state index contributed by atoms with van der Waals surface area (Å²) in [6.07, 6.45) is 4.01. The number of rotatable bonds is 5. The zero-order chi connectivity index (χ0) is 15.5. The van der Waals surface area contributed by atoms with Crippen molar-refractivity contribution in [2.75, 3.05) is 25.0 Å². The third kappa shape index (κ3) is 4.20. The molecule has 2 rings (SSSR count). The Kier molecular flexibility index (Phi) is 5.27. The van der Waals surface area contributed by atoms with Crippen LogP contribution in [0, 0.1) is 11.3 Å². The van der Waals surface area contributed by atoms with Crippen molar-refractivity contribution in [3.05, 3.63) is 21.6 Å². The lowest BCUT2D eigenvalue weighted by Gasteiger charge is -2.34. The van der Waals surface area contributed by atoms with Gasteiger partial charge in [-0.2, -0.15) is 5.10 Å². The summed E-state index contributed by atoms with van der Waals surface area (Å²) in [6, 6.07) is 0. The average Bonchev–Trinajstić information content (AvgIpc) is 2.43. The van der Waals surface area contributed by atoms with Crippen LogP contribution >= 0.6 is 11.6 Å². The molecule has 21 heavy (non-hydrogen) atoms. The topological polar surface area (TPSA) is 59.0 Å². The largest absolute Gasteiger partial charge is 0.382 e. The molecule has 2 heterocycles. The second kappa shape index (κ2) is 6.79. The minimum atomic E-state index is -0.220. The number of hydrogen-bond acceptors (Lipinski definition) is 4. The van der Waals surface area contributed by atoms with Crippen LogP contribution in [0.3, 0.4) is 0 Å². The van der Waals surface area contributed by atoms with Crippen molar-refractivity contribution in [1.82, 2.24) is 15.1 Å². The number of aromatic nitrogens is 2. The summed E-state index contributed by atoms with van der Waals surface area (Å²) >= 11 is 6.19. The molecule has 0 saturated carbocycles. The summed E-state index contributed by atoms with van der Waals surface area (Å²) < 4.78 is 1.43. The summed E-state index contributed by atoms with van der Waals surface area (Å²) in [5.41, 5.74) is 0.602. The third-order valence-corrected chi connectivity index (χ3v) is 4.28. The van der Waals surface area contributed by atoms with E-state index in [-0.39, 0.29) is 16.0 Å². The van der Waals surface area contributed by atoms with E-state index in [1.165, 1.54) is 17.5 Å². The van der Waals surface area contributed by atoms with E-state index in [4.69, 9.17) is 11.6 Å². The maximum atomic E-state index is 12.2. The van der Waals surface area contributed by atoms with Gasteiger partial charge in [-0.1, -0.05) is 32.4 Å². The molecule has 118 valence electrons. The van der Waals surface area contributed by atoms with Crippen molar-refractivity contribution < 1.29 is 0 Å². The van der Waals surface area contributed by atoms with Gasteiger partial charge in [0.25, 0.3) is 5.56 Å². The summed E-state index contributed by atoms with van der Waals surface area (Å²) in [4.78, 5) is 12.2. The molecule has 1 aliphatic rings. The number of hydrogen-bond donors (Lipinski definition) is 2. The van der Waals surface area contributed by atoms with Gasteiger partial charge in [0.1, 0.15) is 5.02 Å². The van der Waals surface area contributed by atoms with E-state index in [0.29, 0.717) is 18.2 Å². The highest BCUT2D eigenvalue weighted by Gasteiger charge is 2.26. The van der Waals surface area contributed by atoms with Crippen LogP contribution in [0.1, 0.15) is 33.6 Å². The van der Waals surface area contributed by atoms with Crippen molar-refractivity contribution in [2.24, 2.45) is 11.3 Å². The van der Waals surface area contributed by atoms with Gasteiger partial charge in [-0.15, -0.1) is 0 Å². The van der Waals surface area contributed by atoms with E-state index < -0.39 is 0 Å². The molecule has 1 fully saturated rings. The Balaban J connectivity index is 2.07. The van der Waals surface area contributed by atoms with Crippen LogP contribution in [0.2, 0.25) is 5.02 Å². The quantitative estimate of drug-likeness (QED) is 0.876. The van der Waals surface area contributed by atoms with Crippen LogP contribution in [0.5, 0.6) is 0 Å². The number of halogens is 1. The molecule has 1 aromatic rings. The molecular weight excluding hydrogens is 288 g/mol. The van der Waals surface area contributed by atoms with E-state index >= 15 is 0 Å². The maximum absolute atomic E-state index is 12.2. The normalized spacial score (nSPS) is 22.5. The van der Waals surface area contributed by atoms with Crippen molar-refractivity contribution in [1.29, 1.82) is 0 Å². The Morgan fingerprint density at radius 2 is 2.33 bits per heavy atom. The zero-order valence-electron chi connectivity index (χ0n) is 13.1. The van der Waals surface area contributed by atoms with Gasteiger partial charge >= 0.3 is 0 Å². The Bertz CT molecular complexity index is 535. The summed E-state index contributed by atoms with van der Waals surface area (Å²) in [5, 5.41) is 11.2. The first-order valence-corrected chi connectivity index (χ1v) is 7.99. The minimum Gasteiger partial charge on any atom is -0.382 e. The van der Waals surface area contributed by atoms with Gasteiger partial charge in [-0.3, -0.25) is 4.79 Å². The highest BCUT2D eigenvalue weighted by atomic mass is 35.5. The van der Waals surface area contributed by atoms with Gasteiger partial charge in [0.05, 0.1) is 11.9 Å². The van der Waals surface area contributed by atoms with Crippen LogP contribution in [0.4, 0.5) is 5.69 Å². The van der Waals surface area contributed by atoms with E-state index in [0.717, 1.165) is 19.6 Å². The first-order chi connectivity index (χ1) is 9.91. The Morgan fingerprint density at radius 1 is 1.57 bits per heavy atom. The molecule has 5 nitrogen and oxygen atoms in total. The third-order valence-electron chi connectivity index (χ3n) is 3.91. The Labute approximate surface area is 131 Å². The molecule has 1 unspecified atom stereocenters. The molecule has 0 aromatic carbocycles. The standard InChI is InChI=1S/C15H25ClN4O/c1-11(2)8-20-14(21)13(16)12(7-19-20)18-10-15(3)5-4-6-17-9-15/h7,11,17-18H,4-6,8-10H2,1-3H3. The van der Waals surface area contributed by atoms with E-state index in [1.807, 2.05) is 13.8 Å². The minimum absolute atomic E-state index is 0.189. The predicted octanol–water partition coefficient (Wildman–Crippen LogP) is 2.35. The Hall–Kier alpha value is -1.07. The first-order valence-electron chi connectivity index (χ1n) is 7.61. The molecule has 2 N–H and O–H groups in total. The Morgan fingerprint density at radius 3 is 2.95 bits per heavy atom. The van der Waals surface area contributed by atoms with Gasteiger partial charge in [0.15, 0.2) is 0 Å². The zero-order valence-corrected chi connectivity index (χ0v) is 13.8. The molecule has 1 atom stereocenters. The second-order valence-corrected chi connectivity index (χ2v) is 7.08. The summed E-state index contributed by atoms with van der Waals surface area (Å²) in [5.74, 6) is 0.359. The summed E-state index contributed by atoms with van der Waals surface area (Å²) in [6.45, 7) is 9.78. The molecule has 1 aliphatic heterocycles. The lowest BCUT2D eigenvalue weighted by Crippen LogP contribution is -2.42. The second-order valence-electron chi connectivity index (χ2n) is 6.70. The van der Waals surface area contributed by atoms with Crippen molar-refractivity contribution >= 4 is 17.3 Å². The van der Waals surface area contributed by atoms with Gasteiger partial charge in [0.2, 0.25) is 0 Å². The SMILES string of the molecule is CC(C)Cn1ncc(NCC2(C)CCCNC2)c(Cl)c1=O. The monoisotopic (exact) mass is 312 g/mol. The number of piperidine rings is 1. The molecular formula is C15H25ClN4O. The van der Waals surface area contributed by atoms with Crippen molar-refractivity contribution in [3.63, 3.8) is 0 Å². The van der Waals surface area contributed by atoms with E-state index in [9.17, 15) is 4.79 Å². The molecule has 6 heteroatoms. The fourth-order valence-electron chi connectivity index (χ4n) is 2.64. The maximum Gasteiger partial charge on any atom is 0.287 e. The molecule has 1 saturated heterocycles. The average molecular weight is 313 g/mol. The highest BCUT2D eigenvalue weighted by Crippen LogP contribution is 2.26. The molecule has 0 amide bonds. The molecule has 1 aromatic heterocycles. The van der Waals surface area contributed by atoms with Crippen molar-refractivity contribution in [2.45, 2.75) is 40.2 Å². The van der Waals surface area contributed by atoms with Crippen LogP contribution in [-0.2, 0) is 6.54 Å². The number of nitrogens with zero attached hydrogens (tertiary/aromatic N) is 2.